The van der Waals surface area contributed by atoms with E-state index in [1.54, 1.807) is 13.3 Å². The Kier molecular flexibility index (Phi) is 5.22. The first-order valence-electron chi connectivity index (χ1n) is 9.23. The van der Waals surface area contributed by atoms with Gasteiger partial charge >= 0.3 is 0 Å². The molecule has 1 aliphatic heterocycles. The van der Waals surface area contributed by atoms with E-state index in [2.05, 4.69) is 19.3 Å². The second kappa shape index (κ2) is 7.94. The van der Waals surface area contributed by atoms with Crippen LogP contribution in [0.2, 0.25) is 0 Å². The van der Waals surface area contributed by atoms with Crippen LogP contribution in [0.3, 0.4) is 0 Å². The number of anilines is 1. The highest BCUT2D eigenvalue weighted by atomic mass is 16.5. The number of rotatable bonds is 6. The zero-order valence-corrected chi connectivity index (χ0v) is 15.4. The highest BCUT2D eigenvalue weighted by molar-refractivity contribution is 5.71. The molecule has 0 radical (unpaired) electrons. The van der Waals surface area contributed by atoms with Crippen molar-refractivity contribution in [3.63, 3.8) is 0 Å². The first-order valence-corrected chi connectivity index (χ1v) is 9.23. The van der Waals surface area contributed by atoms with E-state index in [1.165, 1.54) is 0 Å². The molecule has 0 saturated carbocycles. The molecule has 1 saturated heterocycles. The third-order valence-electron chi connectivity index (χ3n) is 4.88. The molecule has 7 nitrogen and oxygen atoms in total. The molecular weight excluding hydrogens is 344 g/mol. The molecule has 2 aromatic heterocycles. The molecular formula is C20H24N4O3. The predicted molar refractivity (Wildman–Crippen MR) is 103 cm³/mol. The quantitative estimate of drug-likeness (QED) is 0.674. The minimum absolute atomic E-state index is 0.207. The van der Waals surface area contributed by atoms with Crippen LogP contribution in [-0.2, 0) is 4.74 Å². The summed E-state index contributed by atoms with van der Waals surface area (Å²) in [6.45, 7) is 2.69. The Balaban J connectivity index is 1.59. The summed E-state index contributed by atoms with van der Waals surface area (Å²) in [6, 6.07) is 7.98. The summed E-state index contributed by atoms with van der Waals surface area (Å²) in [5.41, 5.74) is 2.91. The van der Waals surface area contributed by atoms with Crippen molar-refractivity contribution in [2.24, 2.45) is 0 Å². The molecule has 1 aromatic carbocycles. The average Bonchev–Trinajstić information content (AvgIpc) is 3.14. The summed E-state index contributed by atoms with van der Waals surface area (Å²) >= 11 is 0. The summed E-state index contributed by atoms with van der Waals surface area (Å²) in [5, 5.41) is 9.75. The molecule has 0 aliphatic carbocycles. The number of nitrogens with zero attached hydrogens (tertiary/aromatic N) is 4. The van der Waals surface area contributed by atoms with Crippen LogP contribution < -0.4 is 9.64 Å². The Morgan fingerprint density at radius 2 is 1.89 bits per heavy atom. The van der Waals surface area contributed by atoms with Gasteiger partial charge in [0, 0.05) is 38.2 Å². The SMILES string of the molecule is COCCOc1ccc(-c2cnc3c(N4CCC(O)CC4)nccn23)cc1. The number of aliphatic hydroxyl groups is 1. The number of hydrogen-bond acceptors (Lipinski definition) is 6. The molecule has 142 valence electrons. The fraction of sp³-hybridized carbons (Fsp3) is 0.400. The predicted octanol–water partition coefficient (Wildman–Crippen LogP) is 2.38. The van der Waals surface area contributed by atoms with E-state index in [0.717, 1.165) is 54.4 Å². The zero-order valence-electron chi connectivity index (χ0n) is 15.4. The normalized spacial score (nSPS) is 15.4. The molecule has 4 rings (SSSR count). The highest BCUT2D eigenvalue weighted by Gasteiger charge is 2.21. The number of hydrogen-bond donors (Lipinski definition) is 1. The van der Waals surface area contributed by atoms with Crippen molar-refractivity contribution in [1.82, 2.24) is 14.4 Å². The van der Waals surface area contributed by atoms with E-state index in [1.807, 2.05) is 36.7 Å². The van der Waals surface area contributed by atoms with Gasteiger partial charge in [-0.3, -0.25) is 4.40 Å². The standard InChI is InChI=1S/C20H24N4O3/c1-26-12-13-27-17-4-2-15(3-5-17)18-14-22-20-19(21-8-11-24(18)20)23-9-6-16(25)7-10-23/h2-5,8,11,14,16,25H,6-7,9-10,12-13H2,1H3. The first kappa shape index (κ1) is 17.8. The van der Waals surface area contributed by atoms with E-state index in [4.69, 9.17) is 9.47 Å². The third kappa shape index (κ3) is 3.74. The van der Waals surface area contributed by atoms with E-state index >= 15 is 0 Å². The maximum Gasteiger partial charge on any atom is 0.180 e. The van der Waals surface area contributed by atoms with Crippen LogP contribution in [0, 0.1) is 0 Å². The van der Waals surface area contributed by atoms with Gasteiger partial charge in [-0.15, -0.1) is 0 Å². The fourth-order valence-corrected chi connectivity index (χ4v) is 3.38. The fourth-order valence-electron chi connectivity index (χ4n) is 3.38. The lowest BCUT2D eigenvalue weighted by molar-refractivity contribution is 0.145. The molecule has 1 aliphatic rings. The Labute approximate surface area is 158 Å². The van der Waals surface area contributed by atoms with Crippen molar-refractivity contribution < 1.29 is 14.6 Å². The van der Waals surface area contributed by atoms with Crippen LogP contribution in [0.5, 0.6) is 5.75 Å². The third-order valence-corrected chi connectivity index (χ3v) is 4.88. The molecule has 0 bridgehead atoms. The summed E-state index contributed by atoms with van der Waals surface area (Å²) in [4.78, 5) is 11.4. The summed E-state index contributed by atoms with van der Waals surface area (Å²) in [6.07, 6.45) is 6.94. The Morgan fingerprint density at radius 1 is 1.11 bits per heavy atom. The van der Waals surface area contributed by atoms with Gasteiger partial charge in [0.05, 0.1) is 24.6 Å². The topological polar surface area (TPSA) is 72.1 Å². The zero-order chi connectivity index (χ0) is 18.6. The van der Waals surface area contributed by atoms with Crippen LogP contribution in [-0.4, -0.2) is 59.0 Å². The maximum absolute atomic E-state index is 9.75. The van der Waals surface area contributed by atoms with E-state index in [9.17, 15) is 5.11 Å². The maximum atomic E-state index is 9.75. The molecule has 0 atom stereocenters. The molecule has 0 spiro atoms. The Bertz CT molecular complexity index is 886. The van der Waals surface area contributed by atoms with Gasteiger partial charge in [0.15, 0.2) is 11.5 Å². The van der Waals surface area contributed by atoms with E-state index < -0.39 is 0 Å². The number of aromatic nitrogens is 3. The van der Waals surface area contributed by atoms with Crippen molar-refractivity contribution in [2.45, 2.75) is 18.9 Å². The molecule has 27 heavy (non-hydrogen) atoms. The number of imidazole rings is 1. The molecule has 1 fully saturated rings. The van der Waals surface area contributed by atoms with Gasteiger partial charge in [-0.25, -0.2) is 9.97 Å². The number of benzene rings is 1. The highest BCUT2D eigenvalue weighted by Crippen LogP contribution is 2.28. The number of aliphatic hydroxyl groups excluding tert-OH is 1. The average molecular weight is 368 g/mol. The second-order valence-corrected chi connectivity index (χ2v) is 6.67. The Hall–Kier alpha value is -2.64. The van der Waals surface area contributed by atoms with Gasteiger partial charge in [0.1, 0.15) is 12.4 Å². The molecule has 0 unspecified atom stereocenters. The van der Waals surface area contributed by atoms with Crippen LogP contribution in [0.1, 0.15) is 12.8 Å². The molecule has 0 amide bonds. The van der Waals surface area contributed by atoms with Gasteiger partial charge in [0.2, 0.25) is 0 Å². The van der Waals surface area contributed by atoms with Gasteiger partial charge in [-0.2, -0.15) is 0 Å². The lowest BCUT2D eigenvalue weighted by atomic mass is 10.1. The number of methoxy groups -OCH3 is 1. The minimum Gasteiger partial charge on any atom is -0.491 e. The van der Waals surface area contributed by atoms with Gasteiger partial charge in [-0.05, 0) is 37.1 Å². The minimum atomic E-state index is -0.207. The van der Waals surface area contributed by atoms with Crippen molar-refractivity contribution in [1.29, 1.82) is 0 Å². The molecule has 3 heterocycles. The van der Waals surface area contributed by atoms with Gasteiger partial charge in [-0.1, -0.05) is 0 Å². The van der Waals surface area contributed by atoms with Gasteiger partial charge < -0.3 is 19.5 Å². The number of ether oxygens (including phenoxy) is 2. The monoisotopic (exact) mass is 368 g/mol. The van der Waals surface area contributed by atoms with Crippen LogP contribution in [0.4, 0.5) is 5.82 Å². The van der Waals surface area contributed by atoms with E-state index in [0.29, 0.717) is 13.2 Å². The Morgan fingerprint density at radius 3 is 2.63 bits per heavy atom. The van der Waals surface area contributed by atoms with Crippen LogP contribution >= 0.6 is 0 Å². The van der Waals surface area contributed by atoms with Crippen molar-refractivity contribution in [2.75, 3.05) is 38.3 Å². The largest absolute Gasteiger partial charge is 0.491 e. The number of piperidine rings is 1. The van der Waals surface area contributed by atoms with Crippen LogP contribution in [0.25, 0.3) is 16.9 Å². The number of fused-ring (bicyclic) bond motifs is 1. The van der Waals surface area contributed by atoms with Crippen molar-refractivity contribution in [3.05, 3.63) is 42.9 Å². The summed E-state index contributed by atoms with van der Waals surface area (Å²) < 4.78 is 12.7. The first-order chi connectivity index (χ1) is 13.3. The van der Waals surface area contributed by atoms with Gasteiger partial charge in [0.25, 0.3) is 0 Å². The smallest absolute Gasteiger partial charge is 0.180 e. The van der Waals surface area contributed by atoms with Crippen molar-refractivity contribution >= 4 is 11.5 Å². The van der Waals surface area contributed by atoms with Crippen molar-refractivity contribution in [3.8, 4) is 17.0 Å². The summed E-state index contributed by atoms with van der Waals surface area (Å²) in [5.74, 6) is 1.69. The van der Waals surface area contributed by atoms with E-state index in [-0.39, 0.29) is 6.10 Å². The molecule has 7 heteroatoms. The second-order valence-electron chi connectivity index (χ2n) is 6.67. The summed E-state index contributed by atoms with van der Waals surface area (Å²) in [7, 11) is 1.66. The molecule has 3 aromatic rings. The lowest BCUT2D eigenvalue weighted by Gasteiger charge is -2.30. The lowest BCUT2D eigenvalue weighted by Crippen LogP contribution is -2.36. The molecule has 1 N–H and O–H groups in total. The van der Waals surface area contributed by atoms with Crippen LogP contribution in [0.15, 0.2) is 42.9 Å².